The zero-order valence-corrected chi connectivity index (χ0v) is 12.5. The second kappa shape index (κ2) is 5.02. The molecule has 3 aromatic rings. The molecule has 1 aliphatic carbocycles. The normalized spacial score (nSPS) is 14.2. The zero-order chi connectivity index (χ0) is 15.1. The summed E-state index contributed by atoms with van der Waals surface area (Å²) in [5.41, 5.74) is 0.885. The Morgan fingerprint density at radius 1 is 1.50 bits per heavy atom. The Morgan fingerprint density at radius 2 is 2.36 bits per heavy atom. The summed E-state index contributed by atoms with van der Waals surface area (Å²) in [6, 6.07) is 1.80. The van der Waals surface area contributed by atoms with Gasteiger partial charge >= 0.3 is 0 Å². The molecule has 0 spiro atoms. The van der Waals surface area contributed by atoms with Gasteiger partial charge in [-0.25, -0.2) is 0 Å². The van der Waals surface area contributed by atoms with Gasteiger partial charge in [-0.15, -0.1) is 16.4 Å². The first-order valence-electron chi connectivity index (χ1n) is 6.80. The van der Waals surface area contributed by atoms with E-state index in [0.717, 1.165) is 23.5 Å². The van der Waals surface area contributed by atoms with Crippen molar-refractivity contribution in [1.29, 1.82) is 0 Å². The molecule has 8 nitrogen and oxygen atoms in total. The van der Waals surface area contributed by atoms with Gasteiger partial charge in [0.1, 0.15) is 4.88 Å². The van der Waals surface area contributed by atoms with Crippen molar-refractivity contribution < 1.29 is 9.32 Å². The second-order valence-electron chi connectivity index (χ2n) is 5.13. The average molecular weight is 316 g/mol. The SMILES string of the molecule is Cn1cc(C(=O)Nc2ccsc2-c2nc(C3CC3)no2)nn1. The minimum Gasteiger partial charge on any atom is -0.333 e. The molecule has 0 radical (unpaired) electrons. The van der Waals surface area contributed by atoms with Crippen molar-refractivity contribution in [1.82, 2.24) is 25.1 Å². The summed E-state index contributed by atoms with van der Waals surface area (Å²) in [4.78, 5) is 17.3. The van der Waals surface area contributed by atoms with Crippen LogP contribution in [0.5, 0.6) is 0 Å². The van der Waals surface area contributed by atoms with Crippen LogP contribution in [0.25, 0.3) is 10.8 Å². The Morgan fingerprint density at radius 3 is 3.09 bits per heavy atom. The lowest BCUT2D eigenvalue weighted by Gasteiger charge is -2.01. The number of hydrogen-bond donors (Lipinski definition) is 1. The Kier molecular flexibility index (Phi) is 3.00. The van der Waals surface area contributed by atoms with Crippen molar-refractivity contribution in [2.75, 3.05) is 5.32 Å². The molecule has 0 aromatic carbocycles. The van der Waals surface area contributed by atoms with Crippen molar-refractivity contribution in [2.45, 2.75) is 18.8 Å². The maximum absolute atomic E-state index is 12.1. The van der Waals surface area contributed by atoms with Crippen molar-refractivity contribution >= 4 is 22.9 Å². The first-order valence-corrected chi connectivity index (χ1v) is 7.68. The van der Waals surface area contributed by atoms with Crippen LogP contribution in [0.15, 0.2) is 22.2 Å². The molecule has 9 heteroatoms. The minimum absolute atomic E-state index is 0.254. The van der Waals surface area contributed by atoms with Crippen LogP contribution in [0.3, 0.4) is 0 Å². The molecule has 0 aliphatic heterocycles. The van der Waals surface area contributed by atoms with Gasteiger partial charge in [0.05, 0.1) is 11.9 Å². The summed E-state index contributed by atoms with van der Waals surface area (Å²) in [6.45, 7) is 0. The first kappa shape index (κ1) is 13.1. The molecule has 1 aliphatic rings. The van der Waals surface area contributed by atoms with Gasteiger partial charge in [-0.2, -0.15) is 4.98 Å². The van der Waals surface area contributed by atoms with E-state index in [1.54, 1.807) is 19.3 Å². The second-order valence-corrected chi connectivity index (χ2v) is 6.04. The van der Waals surface area contributed by atoms with Gasteiger partial charge in [0.25, 0.3) is 11.8 Å². The van der Waals surface area contributed by atoms with Gasteiger partial charge in [0.2, 0.25) is 0 Å². The summed E-state index contributed by atoms with van der Waals surface area (Å²) >= 11 is 1.44. The number of nitrogens with one attached hydrogen (secondary N) is 1. The van der Waals surface area contributed by atoms with E-state index in [4.69, 9.17) is 4.52 Å². The highest BCUT2D eigenvalue weighted by atomic mass is 32.1. The number of carbonyl (C=O) groups is 1. The molecule has 0 atom stereocenters. The van der Waals surface area contributed by atoms with Crippen LogP contribution < -0.4 is 5.32 Å². The molecule has 1 amide bonds. The molecule has 3 aromatic heterocycles. The maximum atomic E-state index is 12.1. The van der Waals surface area contributed by atoms with E-state index >= 15 is 0 Å². The van der Waals surface area contributed by atoms with E-state index in [1.165, 1.54) is 16.0 Å². The molecule has 22 heavy (non-hydrogen) atoms. The highest BCUT2D eigenvalue weighted by molar-refractivity contribution is 7.14. The molecule has 0 saturated heterocycles. The van der Waals surface area contributed by atoms with Crippen molar-refractivity contribution in [3.8, 4) is 10.8 Å². The highest BCUT2D eigenvalue weighted by Crippen LogP contribution is 2.40. The fraction of sp³-hybridized carbons (Fsp3) is 0.308. The smallest absolute Gasteiger partial charge is 0.277 e. The monoisotopic (exact) mass is 316 g/mol. The number of aromatic nitrogens is 5. The van der Waals surface area contributed by atoms with Gasteiger partial charge in [0, 0.05) is 13.0 Å². The summed E-state index contributed by atoms with van der Waals surface area (Å²) in [5.74, 6) is 1.28. The van der Waals surface area contributed by atoms with E-state index in [0.29, 0.717) is 17.5 Å². The van der Waals surface area contributed by atoms with Crippen molar-refractivity contribution in [3.63, 3.8) is 0 Å². The lowest BCUT2D eigenvalue weighted by Crippen LogP contribution is -2.12. The largest absolute Gasteiger partial charge is 0.333 e. The third kappa shape index (κ3) is 2.39. The third-order valence-electron chi connectivity index (χ3n) is 3.33. The number of anilines is 1. The number of nitrogens with zero attached hydrogens (tertiary/aromatic N) is 5. The molecule has 1 fully saturated rings. The summed E-state index contributed by atoms with van der Waals surface area (Å²) < 4.78 is 6.78. The van der Waals surface area contributed by atoms with Crippen LogP contribution in [0, 0.1) is 0 Å². The van der Waals surface area contributed by atoms with Crippen LogP contribution in [-0.2, 0) is 7.05 Å². The fourth-order valence-electron chi connectivity index (χ4n) is 2.05. The third-order valence-corrected chi connectivity index (χ3v) is 4.23. The number of amides is 1. The molecule has 1 N–H and O–H groups in total. The molecular weight excluding hydrogens is 304 g/mol. The molecule has 0 unspecified atom stereocenters. The minimum atomic E-state index is -0.324. The predicted octanol–water partition coefficient (Wildman–Crippen LogP) is 2.06. The number of aryl methyl sites for hydroxylation is 1. The van der Waals surface area contributed by atoms with E-state index in [2.05, 4.69) is 25.8 Å². The van der Waals surface area contributed by atoms with Crippen molar-refractivity contribution in [2.24, 2.45) is 7.05 Å². The maximum Gasteiger partial charge on any atom is 0.277 e. The van der Waals surface area contributed by atoms with Gasteiger partial charge in [-0.1, -0.05) is 10.4 Å². The molecule has 0 bridgehead atoms. The van der Waals surface area contributed by atoms with Crippen LogP contribution >= 0.6 is 11.3 Å². The van der Waals surface area contributed by atoms with E-state index in [1.807, 2.05) is 5.38 Å². The Labute approximate surface area is 129 Å². The van der Waals surface area contributed by atoms with Gasteiger partial charge in [-0.3, -0.25) is 9.48 Å². The van der Waals surface area contributed by atoms with Gasteiger partial charge in [0.15, 0.2) is 11.5 Å². The number of thiophene rings is 1. The van der Waals surface area contributed by atoms with Crippen LogP contribution in [0.1, 0.15) is 35.1 Å². The fourth-order valence-corrected chi connectivity index (χ4v) is 2.82. The van der Waals surface area contributed by atoms with Crippen LogP contribution in [-0.4, -0.2) is 31.0 Å². The topological polar surface area (TPSA) is 98.7 Å². The van der Waals surface area contributed by atoms with E-state index < -0.39 is 0 Å². The Bertz CT molecular complexity index is 831. The number of rotatable bonds is 4. The molecule has 1 saturated carbocycles. The zero-order valence-electron chi connectivity index (χ0n) is 11.7. The molecular formula is C13H12N6O2S. The van der Waals surface area contributed by atoms with Crippen molar-refractivity contribution in [3.05, 3.63) is 29.2 Å². The summed E-state index contributed by atoms with van der Waals surface area (Å²) in [5, 5.41) is 16.2. The molecule has 112 valence electrons. The Balaban J connectivity index is 1.57. The lowest BCUT2D eigenvalue weighted by molar-refractivity contribution is 0.102. The van der Waals surface area contributed by atoms with E-state index in [9.17, 15) is 4.79 Å². The highest BCUT2D eigenvalue weighted by Gasteiger charge is 2.29. The standard InChI is InChI=1S/C13H12N6O2S/c1-19-6-9(16-18-19)12(20)14-8-4-5-22-10(8)13-15-11(17-21-13)7-2-3-7/h4-7H,2-3H2,1H3,(H,14,20). The van der Waals surface area contributed by atoms with Crippen LogP contribution in [0.4, 0.5) is 5.69 Å². The lowest BCUT2D eigenvalue weighted by atomic mass is 10.3. The first-order chi connectivity index (χ1) is 10.7. The molecule has 4 rings (SSSR count). The summed E-state index contributed by atoms with van der Waals surface area (Å²) in [7, 11) is 1.71. The average Bonchev–Trinajstić information content (AvgIpc) is 2.92. The number of carbonyl (C=O) groups excluding carboxylic acids is 1. The van der Waals surface area contributed by atoms with Gasteiger partial charge in [-0.05, 0) is 24.3 Å². The molecule has 3 heterocycles. The van der Waals surface area contributed by atoms with Gasteiger partial charge < -0.3 is 9.84 Å². The number of hydrogen-bond acceptors (Lipinski definition) is 7. The predicted molar refractivity (Wildman–Crippen MR) is 78.5 cm³/mol. The quantitative estimate of drug-likeness (QED) is 0.791. The Hall–Kier alpha value is -2.55. The van der Waals surface area contributed by atoms with E-state index in [-0.39, 0.29) is 11.6 Å². The summed E-state index contributed by atoms with van der Waals surface area (Å²) in [6.07, 6.45) is 3.78. The van der Waals surface area contributed by atoms with Crippen LogP contribution in [0.2, 0.25) is 0 Å².